The van der Waals surface area contributed by atoms with E-state index in [2.05, 4.69) is 15.5 Å². The molecule has 3 rings (SSSR count). The quantitative estimate of drug-likeness (QED) is 0.792. The number of rotatable bonds is 4. The Morgan fingerprint density at radius 1 is 1.08 bits per heavy atom. The van der Waals surface area contributed by atoms with Crippen LogP contribution < -0.4 is 10.7 Å². The number of nitrogens with one attached hydrogen (secondary N) is 1. The van der Waals surface area contributed by atoms with Crippen LogP contribution in [0.3, 0.4) is 0 Å². The Balaban J connectivity index is 2.08. The van der Waals surface area contributed by atoms with Gasteiger partial charge in [0.1, 0.15) is 0 Å². The van der Waals surface area contributed by atoms with Gasteiger partial charge in [-0.05, 0) is 39.8 Å². The highest BCUT2D eigenvalue weighted by Gasteiger charge is 2.20. The molecule has 3 aromatic rings. The smallest absolute Gasteiger partial charge is 0.280 e. The van der Waals surface area contributed by atoms with E-state index in [1.54, 1.807) is 16.8 Å². The van der Waals surface area contributed by atoms with E-state index in [1.807, 2.05) is 44.5 Å². The molecule has 0 bridgehead atoms. The zero-order chi connectivity index (χ0) is 18.1. The number of hydrogen-bond acceptors (Lipinski definition) is 4. The lowest BCUT2D eigenvalue weighted by Crippen LogP contribution is -2.27. The average Bonchev–Trinajstić information content (AvgIpc) is 2.89. The molecule has 0 saturated carbocycles. The predicted octanol–water partition coefficient (Wildman–Crippen LogP) is 2.50. The predicted molar refractivity (Wildman–Crippen MR) is 97.0 cm³/mol. The second-order valence-electron chi connectivity index (χ2n) is 5.83. The summed E-state index contributed by atoms with van der Waals surface area (Å²) >= 11 is 0. The minimum atomic E-state index is -0.514. The van der Waals surface area contributed by atoms with Gasteiger partial charge in [0.05, 0.1) is 22.6 Å². The number of nitrogens with zero attached hydrogens (tertiary/aromatic N) is 4. The highest BCUT2D eigenvalue weighted by atomic mass is 16.2. The maximum atomic E-state index is 12.7. The molecule has 0 aliphatic carbocycles. The first-order valence-corrected chi connectivity index (χ1v) is 8.33. The highest BCUT2D eigenvalue weighted by molar-refractivity contribution is 6.04. The molecular weight excluding hydrogens is 318 g/mol. The molecule has 25 heavy (non-hydrogen) atoms. The van der Waals surface area contributed by atoms with Crippen LogP contribution in [0.2, 0.25) is 0 Å². The van der Waals surface area contributed by atoms with Crippen molar-refractivity contribution in [3.8, 4) is 0 Å². The van der Waals surface area contributed by atoms with Crippen LogP contribution in [-0.2, 0) is 13.1 Å². The summed E-state index contributed by atoms with van der Waals surface area (Å²) in [7, 11) is 0. The first kappa shape index (κ1) is 16.9. The molecule has 7 heteroatoms. The largest absolute Gasteiger partial charge is 0.317 e. The molecule has 0 fully saturated rings. The van der Waals surface area contributed by atoms with E-state index >= 15 is 0 Å². The lowest BCUT2D eigenvalue weighted by molar-refractivity contribution is 0.101. The van der Waals surface area contributed by atoms with Crippen molar-refractivity contribution in [2.75, 3.05) is 5.32 Å². The van der Waals surface area contributed by atoms with E-state index in [1.165, 1.54) is 0 Å². The molecule has 0 unspecified atom stereocenters. The summed E-state index contributed by atoms with van der Waals surface area (Å²) in [5.74, 6) is -0.514. The summed E-state index contributed by atoms with van der Waals surface area (Å²) in [5.41, 5.74) is 2.44. The van der Waals surface area contributed by atoms with Crippen molar-refractivity contribution in [2.45, 2.75) is 40.8 Å². The highest BCUT2D eigenvalue weighted by Crippen LogP contribution is 2.20. The van der Waals surface area contributed by atoms with Gasteiger partial charge in [-0.3, -0.25) is 19.0 Å². The summed E-state index contributed by atoms with van der Waals surface area (Å²) in [4.78, 5) is 25.4. The summed E-state index contributed by atoms with van der Waals surface area (Å²) in [5, 5.41) is 11.9. The third-order valence-corrected chi connectivity index (χ3v) is 4.30. The molecule has 2 heterocycles. The van der Waals surface area contributed by atoms with Crippen LogP contribution in [0, 0.1) is 13.8 Å². The molecule has 0 aliphatic rings. The van der Waals surface area contributed by atoms with E-state index in [9.17, 15) is 9.59 Å². The fourth-order valence-corrected chi connectivity index (χ4v) is 2.99. The van der Waals surface area contributed by atoms with Gasteiger partial charge < -0.3 is 5.32 Å². The number of aromatic nitrogens is 4. The maximum absolute atomic E-state index is 12.7. The lowest BCUT2D eigenvalue weighted by Gasteiger charge is -2.10. The van der Waals surface area contributed by atoms with Gasteiger partial charge in [-0.2, -0.15) is 10.2 Å². The second kappa shape index (κ2) is 6.51. The summed E-state index contributed by atoms with van der Waals surface area (Å²) in [6.45, 7) is 8.89. The first-order valence-electron chi connectivity index (χ1n) is 8.33. The molecule has 2 aromatic heterocycles. The van der Waals surface area contributed by atoms with Crippen molar-refractivity contribution < 1.29 is 4.79 Å². The number of anilines is 1. The number of para-hydroxylation sites is 1. The van der Waals surface area contributed by atoms with E-state index in [4.69, 9.17) is 0 Å². The number of carbonyl (C=O) groups excluding carboxylic acids is 1. The Morgan fingerprint density at radius 2 is 1.76 bits per heavy atom. The molecule has 0 atom stereocenters. The van der Waals surface area contributed by atoms with Gasteiger partial charge in [0, 0.05) is 18.5 Å². The van der Waals surface area contributed by atoms with Gasteiger partial charge in [0.25, 0.3) is 5.91 Å². The number of benzene rings is 1. The monoisotopic (exact) mass is 339 g/mol. The zero-order valence-corrected chi connectivity index (χ0v) is 14.8. The Morgan fingerprint density at radius 3 is 2.40 bits per heavy atom. The fraction of sp³-hybridized carbons (Fsp3) is 0.333. The molecular formula is C18H21N5O2. The van der Waals surface area contributed by atoms with Crippen LogP contribution in [0.15, 0.2) is 29.1 Å². The minimum Gasteiger partial charge on any atom is -0.317 e. The van der Waals surface area contributed by atoms with E-state index in [-0.39, 0.29) is 11.1 Å². The van der Waals surface area contributed by atoms with Gasteiger partial charge in [-0.15, -0.1) is 0 Å². The van der Waals surface area contributed by atoms with Gasteiger partial charge in [0.15, 0.2) is 5.69 Å². The van der Waals surface area contributed by atoms with Gasteiger partial charge >= 0.3 is 0 Å². The normalized spacial score (nSPS) is 11.0. The van der Waals surface area contributed by atoms with Gasteiger partial charge in [-0.1, -0.05) is 12.1 Å². The lowest BCUT2D eigenvalue weighted by atomic mass is 10.2. The van der Waals surface area contributed by atoms with Crippen LogP contribution in [0.5, 0.6) is 0 Å². The molecule has 7 nitrogen and oxygen atoms in total. The number of aryl methyl sites for hydroxylation is 3. The third kappa shape index (κ3) is 2.82. The second-order valence-corrected chi connectivity index (χ2v) is 5.83. The molecule has 0 spiro atoms. The Kier molecular flexibility index (Phi) is 4.39. The number of amides is 1. The fourth-order valence-electron chi connectivity index (χ4n) is 2.99. The summed E-state index contributed by atoms with van der Waals surface area (Å²) < 4.78 is 3.48. The molecule has 1 aromatic carbocycles. The van der Waals surface area contributed by atoms with Crippen molar-refractivity contribution in [2.24, 2.45) is 0 Å². The van der Waals surface area contributed by atoms with E-state index in [0.717, 1.165) is 11.2 Å². The Labute approximate surface area is 145 Å². The molecule has 0 radical (unpaired) electrons. The molecule has 1 amide bonds. The number of hydrogen-bond donors (Lipinski definition) is 1. The van der Waals surface area contributed by atoms with E-state index in [0.29, 0.717) is 29.9 Å². The van der Waals surface area contributed by atoms with Crippen molar-refractivity contribution in [3.63, 3.8) is 0 Å². The van der Waals surface area contributed by atoms with Crippen molar-refractivity contribution in [1.29, 1.82) is 0 Å². The zero-order valence-electron chi connectivity index (χ0n) is 14.8. The Bertz CT molecular complexity index is 1020. The molecule has 0 saturated heterocycles. The van der Waals surface area contributed by atoms with Crippen LogP contribution in [0.4, 0.5) is 5.69 Å². The minimum absolute atomic E-state index is 0.108. The summed E-state index contributed by atoms with van der Waals surface area (Å²) in [6.07, 6.45) is 0. The molecule has 130 valence electrons. The van der Waals surface area contributed by atoms with Crippen molar-refractivity contribution in [1.82, 2.24) is 19.6 Å². The van der Waals surface area contributed by atoms with Gasteiger partial charge in [-0.25, -0.2) is 0 Å². The number of carbonyl (C=O) groups is 1. The molecule has 0 aliphatic heterocycles. The SMILES string of the molecule is CCn1nc(C)c(NC(=O)c2nn(CC)c3ccccc3c2=O)c1C. The summed E-state index contributed by atoms with van der Waals surface area (Å²) in [6, 6.07) is 7.18. The van der Waals surface area contributed by atoms with E-state index < -0.39 is 5.91 Å². The number of fused-ring (bicyclic) bond motifs is 1. The average molecular weight is 339 g/mol. The van der Waals surface area contributed by atoms with Crippen LogP contribution >= 0.6 is 0 Å². The van der Waals surface area contributed by atoms with Crippen molar-refractivity contribution in [3.05, 3.63) is 51.6 Å². The third-order valence-electron chi connectivity index (χ3n) is 4.30. The van der Waals surface area contributed by atoms with Crippen LogP contribution in [-0.4, -0.2) is 25.5 Å². The van der Waals surface area contributed by atoms with Gasteiger partial charge in [0.2, 0.25) is 5.43 Å². The standard InChI is InChI=1S/C18H21N5O2/c1-5-22-12(4)15(11(3)20-22)19-18(25)16-17(24)13-9-7-8-10-14(13)23(6-2)21-16/h7-10H,5-6H2,1-4H3,(H,19,25). The maximum Gasteiger partial charge on any atom is 0.280 e. The molecule has 1 N–H and O–H groups in total. The van der Waals surface area contributed by atoms with Crippen molar-refractivity contribution >= 4 is 22.5 Å². The first-order chi connectivity index (χ1) is 12.0. The Hall–Kier alpha value is -2.96. The van der Waals surface area contributed by atoms with Crippen LogP contribution in [0.1, 0.15) is 35.7 Å². The van der Waals surface area contributed by atoms with Crippen LogP contribution in [0.25, 0.3) is 10.9 Å². The topological polar surface area (TPSA) is 81.8 Å².